The van der Waals surface area contributed by atoms with E-state index in [9.17, 15) is 9.59 Å². The Morgan fingerprint density at radius 3 is 1.82 bits per heavy atom. The fraction of sp³-hybridized carbons (Fsp3) is 0.471. The predicted octanol–water partition coefficient (Wildman–Crippen LogP) is 7.37. The lowest BCUT2D eigenvalue weighted by molar-refractivity contribution is -0.119. The minimum absolute atomic E-state index is 0.139. The molecule has 206 valence electrons. The normalized spacial score (nSPS) is 20.6. The van der Waals surface area contributed by atoms with Gasteiger partial charge in [0.05, 0.1) is 13.2 Å². The number of allylic oxidation sites excluding steroid dienone is 4. The van der Waals surface area contributed by atoms with Crippen LogP contribution in [0, 0.1) is 10.8 Å². The summed E-state index contributed by atoms with van der Waals surface area (Å²) >= 11 is 0. The lowest BCUT2D eigenvalue weighted by atomic mass is 9.63. The van der Waals surface area contributed by atoms with Crippen LogP contribution in [0.15, 0.2) is 71.1 Å². The van der Waals surface area contributed by atoms with E-state index in [2.05, 4.69) is 44.7 Å². The highest BCUT2D eigenvalue weighted by Gasteiger charge is 2.49. The van der Waals surface area contributed by atoms with E-state index in [0.29, 0.717) is 44.1 Å². The molecule has 0 N–H and O–H groups in total. The van der Waals surface area contributed by atoms with Gasteiger partial charge in [-0.3, -0.25) is 9.59 Å². The standard InChI is InChI=1S/C34H41NO4/c1-7-38-28-15-14-23(16-29(28)39-8-2)30-31-24(17-33(3,4)19-26(31)36)35(21-22-12-10-9-11-13-22)25-18-34(5,6)20-27(37)32(25)30/h9-16,30H,7-8,17-21H2,1-6H3. The first-order valence-electron chi connectivity index (χ1n) is 14.3. The van der Waals surface area contributed by atoms with E-state index < -0.39 is 5.92 Å². The highest BCUT2D eigenvalue weighted by molar-refractivity contribution is 6.06. The quantitative estimate of drug-likeness (QED) is 0.376. The van der Waals surface area contributed by atoms with Gasteiger partial charge in [-0.25, -0.2) is 0 Å². The summed E-state index contributed by atoms with van der Waals surface area (Å²) in [6.45, 7) is 14.3. The molecule has 0 atom stereocenters. The lowest BCUT2D eigenvalue weighted by Gasteiger charge is -2.49. The zero-order valence-corrected chi connectivity index (χ0v) is 24.2. The van der Waals surface area contributed by atoms with E-state index >= 15 is 0 Å². The average molecular weight is 528 g/mol. The molecule has 2 aromatic carbocycles. The third-order valence-electron chi connectivity index (χ3n) is 8.11. The molecule has 0 fully saturated rings. The average Bonchev–Trinajstić information content (AvgIpc) is 2.85. The highest BCUT2D eigenvalue weighted by atomic mass is 16.5. The lowest BCUT2D eigenvalue weighted by Crippen LogP contribution is -2.44. The number of carbonyl (C=O) groups excluding carboxylic acids is 2. The Kier molecular flexibility index (Phi) is 7.21. The number of nitrogens with zero attached hydrogens (tertiary/aromatic N) is 1. The predicted molar refractivity (Wildman–Crippen MR) is 154 cm³/mol. The van der Waals surface area contributed by atoms with Gasteiger partial charge in [0.1, 0.15) is 0 Å². The SMILES string of the molecule is CCOc1ccc(C2C3=C(CC(C)(C)CC3=O)N(Cc3ccccc3)C3=C2C(=O)CC(C)(C)C3)cc1OCC. The summed E-state index contributed by atoms with van der Waals surface area (Å²) in [6, 6.07) is 16.3. The van der Waals surface area contributed by atoms with Gasteiger partial charge >= 0.3 is 0 Å². The Morgan fingerprint density at radius 2 is 1.28 bits per heavy atom. The Balaban J connectivity index is 1.75. The molecule has 2 aromatic rings. The smallest absolute Gasteiger partial charge is 0.162 e. The molecule has 0 spiro atoms. The summed E-state index contributed by atoms with van der Waals surface area (Å²) < 4.78 is 11.8. The first-order chi connectivity index (χ1) is 18.5. The van der Waals surface area contributed by atoms with Crippen molar-refractivity contribution in [3.8, 4) is 11.5 Å². The number of hydrogen-bond acceptors (Lipinski definition) is 5. The van der Waals surface area contributed by atoms with Crippen LogP contribution in [0.4, 0.5) is 0 Å². The molecule has 1 heterocycles. The molecule has 5 heteroatoms. The van der Waals surface area contributed by atoms with Crippen molar-refractivity contribution >= 4 is 11.6 Å². The number of hydrogen-bond donors (Lipinski definition) is 0. The van der Waals surface area contributed by atoms with Crippen LogP contribution in [0.2, 0.25) is 0 Å². The number of rotatable bonds is 7. The van der Waals surface area contributed by atoms with Crippen LogP contribution in [-0.4, -0.2) is 29.7 Å². The monoisotopic (exact) mass is 527 g/mol. The van der Waals surface area contributed by atoms with Crippen LogP contribution in [-0.2, 0) is 16.1 Å². The van der Waals surface area contributed by atoms with Crippen molar-refractivity contribution in [2.24, 2.45) is 10.8 Å². The van der Waals surface area contributed by atoms with Crippen LogP contribution >= 0.6 is 0 Å². The van der Waals surface area contributed by atoms with E-state index in [1.54, 1.807) is 0 Å². The molecule has 1 aliphatic heterocycles. The Hall–Kier alpha value is -3.34. The zero-order valence-electron chi connectivity index (χ0n) is 24.2. The van der Waals surface area contributed by atoms with Gasteiger partial charge < -0.3 is 14.4 Å². The summed E-state index contributed by atoms with van der Waals surface area (Å²) in [5, 5.41) is 0. The van der Waals surface area contributed by atoms with Crippen LogP contribution in [0.5, 0.6) is 11.5 Å². The van der Waals surface area contributed by atoms with Gasteiger partial charge in [-0.2, -0.15) is 0 Å². The maximum atomic E-state index is 14.0. The Morgan fingerprint density at radius 1 is 0.744 bits per heavy atom. The van der Waals surface area contributed by atoms with E-state index in [1.807, 2.05) is 50.2 Å². The number of ether oxygens (including phenoxy) is 2. The van der Waals surface area contributed by atoms with Gasteiger partial charge in [-0.15, -0.1) is 0 Å². The van der Waals surface area contributed by atoms with E-state index in [0.717, 1.165) is 40.9 Å². The molecule has 0 radical (unpaired) electrons. The van der Waals surface area contributed by atoms with Crippen molar-refractivity contribution in [1.29, 1.82) is 0 Å². The summed E-state index contributed by atoms with van der Waals surface area (Å²) in [4.78, 5) is 30.4. The van der Waals surface area contributed by atoms with E-state index in [1.165, 1.54) is 5.56 Å². The van der Waals surface area contributed by atoms with E-state index in [4.69, 9.17) is 9.47 Å². The molecule has 5 nitrogen and oxygen atoms in total. The number of carbonyl (C=O) groups is 2. The second-order valence-electron chi connectivity index (χ2n) is 12.7. The molecule has 0 bridgehead atoms. The van der Waals surface area contributed by atoms with Gasteiger partial charge in [0, 0.05) is 47.8 Å². The van der Waals surface area contributed by atoms with Gasteiger partial charge in [0.25, 0.3) is 0 Å². The van der Waals surface area contributed by atoms with Crippen LogP contribution in [0.25, 0.3) is 0 Å². The number of benzene rings is 2. The molecule has 0 amide bonds. The second-order valence-corrected chi connectivity index (χ2v) is 12.7. The van der Waals surface area contributed by atoms with Crippen LogP contribution < -0.4 is 9.47 Å². The van der Waals surface area contributed by atoms with Crippen molar-refractivity contribution in [3.05, 3.63) is 82.2 Å². The maximum absolute atomic E-state index is 14.0. The molecule has 0 aromatic heterocycles. The van der Waals surface area contributed by atoms with Crippen LogP contribution in [0.3, 0.4) is 0 Å². The van der Waals surface area contributed by atoms with Crippen molar-refractivity contribution in [2.45, 2.75) is 79.7 Å². The summed E-state index contributed by atoms with van der Waals surface area (Å²) in [7, 11) is 0. The molecule has 0 saturated heterocycles. The fourth-order valence-corrected chi connectivity index (χ4v) is 6.59. The second kappa shape index (κ2) is 10.3. The molecule has 3 aliphatic rings. The number of Topliss-reactive ketones (excluding diaryl/α,β-unsaturated/α-hetero) is 2. The van der Waals surface area contributed by atoms with Crippen molar-refractivity contribution in [3.63, 3.8) is 0 Å². The number of ketones is 2. The molecular weight excluding hydrogens is 486 g/mol. The zero-order chi connectivity index (χ0) is 27.9. The first kappa shape index (κ1) is 27.2. The highest BCUT2D eigenvalue weighted by Crippen LogP contribution is 2.55. The van der Waals surface area contributed by atoms with Crippen molar-refractivity contribution in [1.82, 2.24) is 4.90 Å². The van der Waals surface area contributed by atoms with E-state index in [-0.39, 0.29) is 22.4 Å². The van der Waals surface area contributed by atoms with Crippen LogP contribution in [0.1, 0.15) is 84.3 Å². The topological polar surface area (TPSA) is 55.8 Å². The largest absolute Gasteiger partial charge is 0.490 e. The molecule has 0 unspecified atom stereocenters. The summed E-state index contributed by atoms with van der Waals surface area (Å²) in [5.41, 5.74) is 5.48. The van der Waals surface area contributed by atoms with Gasteiger partial charge in [0.15, 0.2) is 23.1 Å². The molecule has 39 heavy (non-hydrogen) atoms. The molecule has 2 aliphatic carbocycles. The Labute approximate surface area is 232 Å². The minimum atomic E-state index is -0.399. The van der Waals surface area contributed by atoms with Crippen molar-refractivity contribution < 1.29 is 19.1 Å². The molecular formula is C34H41NO4. The molecule has 5 rings (SSSR count). The Bertz CT molecular complexity index is 1290. The summed E-state index contributed by atoms with van der Waals surface area (Å²) in [6.07, 6.45) is 2.52. The first-order valence-corrected chi connectivity index (χ1v) is 14.3. The van der Waals surface area contributed by atoms with Crippen molar-refractivity contribution in [2.75, 3.05) is 13.2 Å². The van der Waals surface area contributed by atoms with Gasteiger partial charge in [-0.1, -0.05) is 64.1 Å². The van der Waals surface area contributed by atoms with Gasteiger partial charge in [-0.05, 0) is 60.8 Å². The minimum Gasteiger partial charge on any atom is -0.490 e. The fourth-order valence-electron chi connectivity index (χ4n) is 6.59. The summed E-state index contributed by atoms with van der Waals surface area (Å²) in [5.74, 6) is 1.21. The molecule has 0 saturated carbocycles. The van der Waals surface area contributed by atoms with Gasteiger partial charge in [0.2, 0.25) is 0 Å². The maximum Gasteiger partial charge on any atom is 0.162 e. The third-order valence-corrected chi connectivity index (χ3v) is 8.11. The third kappa shape index (κ3) is 5.28.